The van der Waals surface area contributed by atoms with Gasteiger partial charge in [-0.3, -0.25) is 4.99 Å². The molecule has 1 rings (SSSR count). The van der Waals surface area contributed by atoms with E-state index < -0.39 is 8.38 Å². The highest BCUT2D eigenvalue weighted by atomic mass is 31.2. The maximum Gasteiger partial charge on any atom is 0.193 e. The zero-order valence-electron chi connectivity index (χ0n) is 9.80. The molecule has 0 aliphatic rings. The average molecular weight is 239 g/mol. The molecule has 0 heterocycles. The van der Waals surface area contributed by atoms with Gasteiger partial charge in [0, 0.05) is 6.21 Å². The Kier molecular flexibility index (Phi) is 6.98. The molecular weight excluding hydrogens is 221 g/mol. The normalized spacial score (nSPS) is 11.4. The number of benzene rings is 1. The molecule has 4 heteroatoms. The first-order valence-electron chi connectivity index (χ1n) is 5.45. The number of hydrogen-bond donors (Lipinski definition) is 0. The molecule has 0 saturated heterocycles. The van der Waals surface area contributed by atoms with E-state index in [4.69, 9.17) is 9.05 Å². The Hall–Kier alpha value is -0.760. The molecule has 0 unspecified atom stereocenters. The molecular formula is C12H18NO2P. The zero-order valence-corrected chi connectivity index (χ0v) is 10.7. The average Bonchev–Trinajstić information content (AvgIpc) is 2.31. The van der Waals surface area contributed by atoms with E-state index in [1.807, 2.05) is 50.4 Å². The van der Waals surface area contributed by atoms with Gasteiger partial charge in [0.15, 0.2) is 8.38 Å². The highest BCUT2D eigenvalue weighted by molar-refractivity contribution is 7.47. The van der Waals surface area contributed by atoms with Crippen LogP contribution >= 0.6 is 8.38 Å². The highest BCUT2D eigenvalue weighted by Gasteiger charge is 2.06. The maximum atomic E-state index is 5.45. The molecule has 0 aliphatic heterocycles. The van der Waals surface area contributed by atoms with Crippen molar-refractivity contribution in [3.8, 4) is 0 Å². The third-order valence-electron chi connectivity index (χ3n) is 1.78. The minimum absolute atomic E-state index is 0.603. The number of hydrogen-bond acceptors (Lipinski definition) is 3. The van der Waals surface area contributed by atoms with E-state index in [0.717, 1.165) is 5.56 Å². The van der Waals surface area contributed by atoms with Crippen molar-refractivity contribution in [1.29, 1.82) is 0 Å². The summed E-state index contributed by atoms with van der Waals surface area (Å²) in [6.45, 7) is 5.28. The molecule has 1 aromatic carbocycles. The van der Waals surface area contributed by atoms with E-state index in [0.29, 0.717) is 19.5 Å². The maximum absolute atomic E-state index is 5.45. The molecule has 0 fully saturated rings. The van der Waals surface area contributed by atoms with E-state index in [-0.39, 0.29) is 0 Å². The van der Waals surface area contributed by atoms with Crippen LogP contribution in [0.1, 0.15) is 19.4 Å². The predicted octanol–water partition coefficient (Wildman–Crippen LogP) is 3.45. The molecule has 0 atom stereocenters. The summed E-state index contributed by atoms with van der Waals surface area (Å²) in [6, 6.07) is 10.0. The fourth-order valence-corrected chi connectivity index (χ4v) is 2.19. The molecule has 88 valence electrons. The van der Waals surface area contributed by atoms with Crippen LogP contribution in [-0.4, -0.2) is 25.7 Å². The van der Waals surface area contributed by atoms with Crippen molar-refractivity contribution in [1.82, 2.24) is 0 Å². The third-order valence-corrected chi connectivity index (χ3v) is 3.27. The van der Waals surface area contributed by atoms with Crippen LogP contribution in [0.2, 0.25) is 0 Å². The van der Waals surface area contributed by atoms with Crippen LogP contribution < -0.4 is 0 Å². The Labute approximate surface area is 98.4 Å². The molecule has 0 N–H and O–H groups in total. The van der Waals surface area contributed by atoms with E-state index in [9.17, 15) is 0 Å². The quantitative estimate of drug-likeness (QED) is 0.539. The second kappa shape index (κ2) is 8.40. The van der Waals surface area contributed by atoms with Gasteiger partial charge in [-0.15, -0.1) is 0 Å². The molecule has 0 aromatic heterocycles. The standard InChI is InChI=1S/C12H18NO2P/c1-3-14-16(15-4-2)11-13-10-12-8-6-5-7-9-12/h5-10H,3-4,11H2,1-2H3. The Morgan fingerprint density at radius 1 is 1.12 bits per heavy atom. The van der Waals surface area contributed by atoms with Crippen molar-refractivity contribution in [2.75, 3.05) is 19.5 Å². The Morgan fingerprint density at radius 3 is 2.31 bits per heavy atom. The van der Waals surface area contributed by atoms with Crippen LogP contribution in [0.25, 0.3) is 0 Å². The summed E-state index contributed by atoms with van der Waals surface area (Å²) in [5.41, 5.74) is 1.10. The molecule has 1 aromatic rings. The van der Waals surface area contributed by atoms with Crippen molar-refractivity contribution in [3.63, 3.8) is 0 Å². The molecule has 0 bridgehead atoms. The van der Waals surface area contributed by atoms with Crippen LogP contribution in [0, 0.1) is 0 Å². The summed E-state index contributed by atoms with van der Waals surface area (Å²) in [5, 5.41) is 0. The molecule has 3 nitrogen and oxygen atoms in total. The van der Waals surface area contributed by atoms with Crippen molar-refractivity contribution >= 4 is 14.6 Å². The monoisotopic (exact) mass is 239 g/mol. The van der Waals surface area contributed by atoms with Gasteiger partial charge in [-0.25, -0.2) is 0 Å². The van der Waals surface area contributed by atoms with Crippen LogP contribution in [0.5, 0.6) is 0 Å². The SMILES string of the molecule is CCOP(CN=Cc1ccccc1)OCC. The Morgan fingerprint density at radius 2 is 1.75 bits per heavy atom. The zero-order chi connectivity index (χ0) is 11.6. The van der Waals surface area contributed by atoms with Crippen molar-refractivity contribution in [2.45, 2.75) is 13.8 Å². The van der Waals surface area contributed by atoms with Crippen molar-refractivity contribution < 1.29 is 9.05 Å². The lowest BCUT2D eigenvalue weighted by Gasteiger charge is -2.12. The summed E-state index contributed by atoms with van der Waals surface area (Å²) < 4.78 is 10.9. The van der Waals surface area contributed by atoms with Crippen LogP contribution in [0.4, 0.5) is 0 Å². The van der Waals surface area contributed by atoms with Crippen LogP contribution in [-0.2, 0) is 9.05 Å². The smallest absolute Gasteiger partial charge is 0.193 e. The van der Waals surface area contributed by atoms with Crippen molar-refractivity contribution in [3.05, 3.63) is 35.9 Å². The second-order valence-electron chi connectivity index (χ2n) is 3.03. The molecule has 16 heavy (non-hydrogen) atoms. The lowest BCUT2D eigenvalue weighted by atomic mass is 10.2. The first-order valence-corrected chi connectivity index (χ1v) is 6.81. The van der Waals surface area contributed by atoms with Gasteiger partial charge >= 0.3 is 0 Å². The second-order valence-corrected chi connectivity index (χ2v) is 4.50. The van der Waals surface area contributed by atoms with E-state index >= 15 is 0 Å². The Bertz CT molecular complexity index is 297. The minimum atomic E-state index is -0.855. The van der Waals surface area contributed by atoms with Crippen LogP contribution in [0.15, 0.2) is 35.3 Å². The minimum Gasteiger partial charge on any atom is -0.333 e. The lowest BCUT2D eigenvalue weighted by Crippen LogP contribution is -1.93. The molecule has 0 aliphatic carbocycles. The van der Waals surface area contributed by atoms with Gasteiger partial charge in [-0.2, -0.15) is 0 Å². The Balaban J connectivity index is 2.39. The van der Waals surface area contributed by atoms with Gasteiger partial charge in [0.05, 0.1) is 13.2 Å². The summed E-state index contributed by atoms with van der Waals surface area (Å²) in [6.07, 6.45) is 2.46. The van der Waals surface area contributed by atoms with Gasteiger partial charge in [-0.1, -0.05) is 30.3 Å². The van der Waals surface area contributed by atoms with E-state index in [1.54, 1.807) is 0 Å². The first-order chi connectivity index (χ1) is 7.86. The van der Waals surface area contributed by atoms with Gasteiger partial charge < -0.3 is 9.05 Å². The van der Waals surface area contributed by atoms with Gasteiger partial charge in [0.2, 0.25) is 0 Å². The van der Waals surface area contributed by atoms with E-state index in [2.05, 4.69) is 4.99 Å². The lowest BCUT2D eigenvalue weighted by molar-refractivity contribution is 0.270. The third kappa shape index (κ3) is 5.36. The number of nitrogens with zero attached hydrogens (tertiary/aromatic N) is 1. The summed E-state index contributed by atoms with van der Waals surface area (Å²) in [7, 11) is -0.855. The molecule has 0 saturated carbocycles. The largest absolute Gasteiger partial charge is 0.333 e. The molecule has 0 amide bonds. The summed E-state index contributed by atoms with van der Waals surface area (Å²) >= 11 is 0. The molecule has 0 radical (unpaired) electrons. The van der Waals surface area contributed by atoms with E-state index in [1.165, 1.54) is 0 Å². The summed E-state index contributed by atoms with van der Waals surface area (Å²) in [5.74, 6) is 0. The fraction of sp³-hybridized carbons (Fsp3) is 0.417. The number of aliphatic imine (C=N–C) groups is 1. The van der Waals surface area contributed by atoms with Gasteiger partial charge in [-0.05, 0) is 19.4 Å². The highest BCUT2D eigenvalue weighted by Crippen LogP contribution is 2.37. The molecule has 0 spiro atoms. The van der Waals surface area contributed by atoms with Gasteiger partial charge in [0.25, 0.3) is 0 Å². The first kappa shape index (κ1) is 13.3. The van der Waals surface area contributed by atoms with Crippen LogP contribution in [0.3, 0.4) is 0 Å². The predicted molar refractivity (Wildman–Crippen MR) is 69.1 cm³/mol. The topological polar surface area (TPSA) is 30.8 Å². The fourth-order valence-electron chi connectivity index (χ4n) is 1.16. The summed E-state index contributed by atoms with van der Waals surface area (Å²) in [4.78, 5) is 4.33. The number of rotatable bonds is 7. The van der Waals surface area contributed by atoms with Crippen molar-refractivity contribution in [2.24, 2.45) is 4.99 Å². The van der Waals surface area contributed by atoms with Gasteiger partial charge in [0.1, 0.15) is 6.29 Å².